The Hall–Kier alpha value is -6.17. The number of aromatic nitrogens is 2. The van der Waals surface area contributed by atoms with Crippen molar-refractivity contribution in [1.82, 2.24) is 20.2 Å². The number of carbonyl (C=O) groups is 4. The molecular formula is C37H36N6O6. The number of nitrogens with zero attached hydrogens (tertiary/aromatic N) is 3. The van der Waals surface area contributed by atoms with Gasteiger partial charge in [0.1, 0.15) is 25.3 Å². The number of esters is 1. The molecular weight excluding hydrogens is 624 g/mol. The minimum Gasteiger partial charge on any atom is -0.459 e. The summed E-state index contributed by atoms with van der Waals surface area (Å²) in [5.74, 6) is -0.476. The first-order valence-corrected chi connectivity index (χ1v) is 16.0. The number of imide groups is 1. The number of alkyl carbamates (subject to hydrolysis) is 1. The van der Waals surface area contributed by atoms with Crippen molar-refractivity contribution in [2.45, 2.75) is 45.2 Å². The Labute approximate surface area is 283 Å². The predicted octanol–water partition coefficient (Wildman–Crippen LogP) is 5.76. The average Bonchev–Trinajstić information content (AvgIpc) is 3.65. The molecule has 0 radical (unpaired) electrons. The number of H-pyrrole nitrogens is 1. The van der Waals surface area contributed by atoms with E-state index in [0.29, 0.717) is 18.2 Å². The molecule has 12 heteroatoms. The molecule has 6 rings (SSSR count). The maximum Gasteiger partial charge on any atom is 0.408 e. The van der Waals surface area contributed by atoms with Gasteiger partial charge in [0.2, 0.25) is 5.95 Å². The lowest BCUT2D eigenvalue weighted by molar-refractivity contribution is -0.148. The number of urea groups is 1. The number of aromatic amines is 1. The summed E-state index contributed by atoms with van der Waals surface area (Å²) in [5, 5.41) is 5.83. The number of carbonyl (C=O) groups excluding carboxylic acids is 4. The van der Waals surface area contributed by atoms with Crippen molar-refractivity contribution in [3.63, 3.8) is 0 Å². The van der Waals surface area contributed by atoms with Crippen molar-refractivity contribution in [3.8, 4) is 0 Å². The van der Waals surface area contributed by atoms with Crippen LogP contribution in [-0.2, 0) is 38.8 Å². The SMILES string of the molecule is C[C@@H]1C(=O)N(CCC(NC(=O)OCc2ccccc2)C(=O)OCc2ccccc2)C(=O)N1c1ccc(CNc2nc3ccccc3[nH]2)cc1. The zero-order valence-corrected chi connectivity index (χ0v) is 26.9. The standard InChI is InChI=1S/C37H36N6O6/c1-25-33(44)42(37(47)43(25)29-18-16-26(17-19-29)22-38-35-39-30-14-8-9-15-31(30)40-35)21-20-32(34(45)48-23-27-10-4-2-5-11-27)41-36(46)49-24-28-12-6-3-7-13-28/h2-19,25,32H,20-24H2,1H3,(H,41,46)(H2,38,39,40)/t25-,32?/m1/s1. The van der Waals surface area contributed by atoms with Crippen LogP contribution in [0.4, 0.5) is 21.2 Å². The van der Waals surface area contributed by atoms with E-state index in [0.717, 1.165) is 32.6 Å². The number of anilines is 2. The summed E-state index contributed by atoms with van der Waals surface area (Å²) in [6.45, 7) is 2.03. The van der Waals surface area contributed by atoms with Crippen molar-refractivity contribution in [3.05, 3.63) is 126 Å². The van der Waals surface area contributed by atoms with Crippen LogP contribution in [0.25, 0.3) is 11.0 Å². The average molecular weight is 661 g/mol. The summed E-state index contributed by atoms with van der Waals surface area (Å²) >= 11 is 0. The fraction of sp³-hybridized carbons (Fsp3) is 0.216. The normalized spacial score (nSPS) is 14.9. The van der Waals surface area contributed by atoms with Crippen LogP contribution >= 0.6 is 0 Å². The monoisotopic (exact) mass is 660 g/mol. The number of hydrogen-bond donors (Lipinski definition) is 3. The third-order valence-electron chi connectivity index (χ3n) is 8.17. The molecule has 3 N–H and O–H groups in total. The van der Waals surface area contributed by atoms with Crippen molar-refractivity contribution >= 4 is 46.7 Å². The van der Waals surface area contributed by atoms with Gasteiger partial charge in [-0.05, 0) is 54.3 Å². The van der Waals surface area contributed by atoms with Gasteiger partial charge in [-0.25, -0.2) is 19.4 Å². The van der Waals surface area contributed by atoms with Gasteiger partial charge in [0.05, 0.1) is 11.0 Å². The lowest BCUT2D eigenvalue weighted by Gasteiger charge is -2.21. The largest absolute Gasteiger partial charge is 0.459 e. The molecule has 250 valence electrons. The first-order chi connectivity index (χ1) is 23.9. The number of hydrogen-bond acceptors (Lipinski definition) is 8. The molecule has 0 aliphatic carbocycles. The smallest absolute Gasteiger partial charge is 0.408 e. The highest BCUT2D eigenvalue weighted by Gasteiger charge is 2.43. The molecule has 0 bridgehead atoms. The number of rotatable bonds is 13. The van der Waals surface area contributed by atoms with Crippen molar-refractivity contribution in [2.75, 3.05) is 16.8 Å². The molecule has 12 nitrogen and oxygen atoms in total. The molecule has 1 aliphatic heterocycles. The lowest BCUT2D eigenvalue weighted by atomic mass is 10.1. The summed E-state index contributed by atoms with van der Waals surface area (Å²) < 4.78 is 10.8. The van der Waals surface area contributed by atoms with E-state index in [1.807, 2.05) is 97.1 Å². The molecule has 0 spiro atoms. The minimum absolute atomic E-state index is 0.00276. The second-order valence-corrected chi connectivity index (χ2v) is 11.6. The Bertz CT molecular complexity index is 1880. The maximum atomic E-state index is 13.6. The highest BCUT2D eigenvalue weighted by Crippen LogP contribution is 2.27. The molecule has 1 aliphatic rings. The fourth-order valence-electron chi connectivity index (χ4n) is 5.51. The maximum absolute atomic E-state index is 13.6. The van der Waals surface area contributed by atoms with Crippen LogP contribution in [0.3, 0.4) is 0 Å². The molecule has 2 heterocycles. The fourth-order valence-corrected chi connectivity index (χ4v) is 5.51. The number of amides is 4. The third kappa shape index (κ3) is 8.04. The molecule has 49 heavy (non-hydrogen) atoms. The number of ether oxygens (including phenoxy) is 2. The van der Waals surface area contributed by atoms with E-state index >= 15 is 0 Å². The second-order valence-electron chi connectivity index (χ2n) is 11.6. The van der Waals surface area contributed by atoms with E-state index in [-0.39, 0.29) is 26.2 Å². The number of fused-ring (bicyclic) bond motifs is 1. The second kappa shape index (κ2) is 15.2. The molecule has 4 amide bonds. The molecule has 1 aromatic heterocycles. The van der Waals surface area contributed by atoms with Gasteiger partial charge in [0.15, 0.2) is 0 Å². The summed E-state index contributed by atoms with van der Waals surface area (Å²) in [4.78, 5) is 63.0. The van der Waals surface area contributed by atoms with Gasteiger partial charge in [-0.3, -0.25) is 14.6 Å². The number of imidazole rings is 1. The van der Waals surface area contributed by atoms with Crippen LogP contribution in [0.15, 0.2) is 109 Å². The summed E-state index contributed by atoms with van der Waals surface area (Å²) in [6, 6.07) is 30.9. The van der Waals surface area contributed by atoms with Crippen LogP contribution in [0.2, 0.25) is 0 Å². The Morgan fingerprint density at radius 2 is 1.45 bits per heavy atom. The highest BCUT2D eigenvalue weighted by atomic mass is 16.6. The molecule has 5 aromatic rings. The van der Waals surface area contributed by atoms with E-state index in [1.54, 1.807) is 19.1 Å². The number of benzene rings is 4. The van der Waals surface area contributed by atoms with Crippen molar-refractivity contribution in [1.29, 1.82) is 0 Å². The van der Waals surface area contributed by atoms with Gasteiger partial charge >= 0.3 is 18.1 Å². The van der Waals surface area contributed by atoms with Crippen molar-refractivity contribution in [2.24, 2.45) is 0 Å². The van der Waals surface area contributed by atoms with Gasteiger partial charge in [0, 0.05) is 18.8 Å². The zero-order chi connectivity index (χ0) is 34.2. The zero-order valence-electron chi connectivity index (χ0n) is 26.9. The Kier molecular flexibility index (Phi) is 10.1. The van der Waals surface area contributed by atoms with Gasteiger partial charge < -0.3 is 25.1 Å². The molecule has 4 aromatic carbocycles. The van der Waals surface area contributed by atoms with Gasteiger partial charge in [-0.1, -0.05) is 84.9 Å². The van der Waals surface area contributed by atoms with Gasteiger partial charge in [-0.15, -0.1) is 0 Å². The molecule has 2 atom stereocenters. The van der Waals surface area contributed by atoms with E-state index in [9.17, 15) is 19.2 Å². The van der Waals surface area contributed by atoms with E-state index in [4.69, 9.17) is 9.47 Å². The summed E-state index contributed by atoms with van der Waals surface area (Å²) in [5.41, 5.74) is 4.86. The minimum atomic E-state index is -1.17. The number of para-hydroxylation sites is 2. The van der Waals surface area contributed by atoms with E-state index in [2.05, 4.69) is 20.6 Å². The van der Waals surface area contributed by atoms with Gasteiger partial charge in [-0.2, -0.15) is 0 Å². The Morgan fingerprint density at radius 3 is 2.12 bits per heavy atom. The first-order valence-electron chi connectivity index (χ1n) is 16.0. The summed E-state index contributed by atoms with van der Waals surface area (Å²) in [7, 11) is 0. The third-order valence-corrected chi connectivity index (χ3v) is 8.17. The topological polar surface area (TPSA) is 146 Å². The molecule has 0 saturated carbocycles. The first kappa shape index (κ1) is 32.8. The molecule has 1 fully saturated rings. The Balaban J connectivity index is 1.08. The molecule has 1 unspecified atom stereocenters. The van der Waals surface area contributed by atoms with E-state index < -0.39 is 36.1 Å². The highest BCUT2D eigenvalue weighted by molar-refractivity contribution is 6.14. The predicted molar refractivity (Wildman–Crippen MR) is 183 cm³/mol. The van der Waals surface area contributed by atoms with Crippen LogP contribution in [0.5, 0.6) is 0 Å². The Morgan fingerprint density at radius 1 is 0.816 bits per heavy atom. The quantitative estimate of drug-likeness (QED) is 0.107. The summed E-state index contributed by atoms with van der Waals surface area (Å²) in [6.07, 6.45) is -0.895. The van der Waals surface area contributed by atoms with E-state index in [1.165, 1.54) is 4.90 Å². The number of nitrogens with one attached hydrogen (secondary N) is 3. The lowest BCUT2D eigenvalue weighted by Crippen LogP contribution is -2.45. The van der Waals surface area contributed by atoms with Crippen LogP contribution in [0, 0.1) is 0 Å². The van der Waals surface area contributed by atoms with Gasteiger partial charge in [0.25, 0.3) is 5.91 Å². The van der Waals surface area contributed by atoms with Crippen LogP contribution < -0.4 is 15.5 Å². The van der Waals surface area contributed by atoms with Crippen molar-refractivity contribution < 1.29 is 28.7 Å². The van der Waals surface area contributed by atoms with Crippen LogP contribution in [0.1, 0.15) is 30.0 Å². The van der Waals surface area contributed by atoms with Crippen LogP contribution in [-0.4, -0.2) is 57.5 Å². The molecule has 1 saturated heterocycles.